The summed E-state index contributed by atoms with van der Waals surface area (Å²) in [4.78, 5) is 10.7. The number of rotatable bonds is 2. The number of aryl methyl sites for hydroxylation is 1. The lowest BCUT2D eigenvalue weighted by molar-refractivity contribution is 0.0697. The monoisotopic (exact) mass is 237 g/mol. The van der Waals surface area contributed by atoms with Crippen LogP contribution in [-0.2, 0) is 7.05 Å². The molecule has 0 saturated carbocycles. The van der Waals surface area contributed by atoms with Crippen molar-refractivity contribution >= 4 is 17.6 Å². The maximum atomic E-state index is 10.7. The van der Waals surface area contributed by atoms with E-state index in [0.29, 0.717) is 10.6 Å². The van der Waals surface area contributed by atoms with Gasteiger partial charge in [-0.1, -0.05) is 22.9 Å². The minimum absolute atomic E-state index is 0.156. The van der Waals surface area contributed by atoms with E-state index in [-0.39, 0.29) is 5.56 Å². The Hall–Kier alpha value is -1.88. The zero-order valence-electron chi connectivity index (χ0n) is 8.38. The predicted molar refractivity (Wildman–Crippen MR) is 58.4 cm³/mol. The third kappa shape index (κ3) is 1.77. The summed E-state index contributed by atoms with van der Waals surface area (Å²) >= 11 is 6.00. The van der Waals surface area contributed by atoms with Crippen LogP contribution in [0.1, 0.15) is 10.4 Å². The van der Waals surface area contributed by atoms with Gasteiger partial charge in [0.05, 0.1) is 22.5 Å². The fourth-order valence-electron chi connectivity index (χ4n) is 1.39. The average Bonchev–Trinajstić information content (AvgIpc) is 2.64. The van der Waals surface area contributed by atoms with Crippen molar-refractivity contribution in [2.24, 2.45) is 7.05 Å². The molecule has 0 aliphatic carbocycles. The maximum absolute atomic E-state index is 10.7. The molecular weight excluding hydrogens is 230 g/mol. The number of nitrogens with zero attached hydrogens (tertiary/aromatic N) is 3. The van der Waals surface area contributed by atoms with Crippen LogP contribution in [0.4, 0.5) is 0 Å². The maximum Gasteiger partial charge on any atom is 0.335 e. The molecule has 0 aliphatic heterocycles. The first kappa shape index (κ1) is 10.6. The lowest BCUT2D eigenvalue weighted by Gasteiger charge is -2.04. The lowest BCUT2D eigenvalue weighted by atomic mass is 10.1. The normalized spacial score (nSPS) is 10.4. The van der Waals surface area contributed by atoms with Crippen LogP contribution in [0, 0.1) is 0 Å². The molecule has 1 N–H and O–H groups in total. The van der Waals surface area contributed by atoms with Crippen molar-refractivity contribution < 1.29 is 9.90 Å². The standard InChI is InChI=1S/C10H8ClN3O2/c1-14-9(5-12-13-14)7-3-2-6(10(15)16)4-8(7)11/h2-5H,1H3,(H,15,16). The zero-order chi connectivity index (χ0) is 11.7. The van der Waals surface area contributed by atoms with Gasteiger partial charge in [0.1, 0.15) is 0 Å². The highest BCUT2D eigenvalue weighted by Crippen LogP contribution is 2.27. The van der Waals surface area contributed by atoms with Crippen molar-refractivity contribution in [2.75, 3.05) is 0 Å². The Kier molecular flexibility index (Phi) is 2.62. The number of carboxylic acid groups (broad SMARTS) is 1. The van der Waals surface area contributed by atoms with Gasteiger partial charge in [0.2, 0.25) is 0 Å². The number of hydrogen-bond acceptors (Lipinski definition) is 3. The fourth-order valence-corrected chi connectivity index (χ4v) is 1.67. The van der Waals surface area contributed by atoms with E-state index in [9.17, 15) is 4.79 Å². The second kappa shape index (κ2) is 3.94. The minimum Gasteiger partial charge on any atom is -0.478 e. The molecule has 0 fully saturated rings. The number of carbonyl (C=O) groups is 1. The Labute approximate surface area is 96.3 Å². The Morgan fingerprint density at radius 2 is 2.25 bits per heavy atom. The quantitative estimate of drug-likeness (QED) is 0.865. The Morgan fingerprint density at radius 3 is 2.75 bits per heavy atom. The summed E-state index contributed by atoms with van der Waals surface area (Å²) in [6, 6.07) is 4.55. The molecule has 1 aromatic carbocycles. The van der Waals surface area contributed by atoms with E-state index in [1.54, 1.807) is 24.0 Å². The van der Waals surface area contributed by atoms with Crippen LogP contribution in [0.3, 0.4) is 0 Å². The molecule has 6 heteroatoms. The van der Waals surface area contributed by atoms with Crippen molar-refractivity contribution in [3.63, 3.8) is 0 Å². The van der Waals surface area contributed by atoms with Gasteiger partial charge in [-0.05, 0) is 12.1 Å². The molecule has 1 heterocycles. The largest absolute Gasteiger partial charge is 0.478 e. The highest BCUT2D eigenvalue weighted by molar-refractivity contribution is 6.33. The second-order valence-electron chi connectivity index (χ2n) is 3.24. The molecule has 0 radical (unpaired) electrons. The summed E-state index contributed by atoms with van der Waals surface area (Å²) < 4.78 is 1.57. The van der Waals surface area contributed by atoms with Crippen LogP contribution in [0.25, 0.3) is 11.3 Å². The van der Waals surface area contributed by atoms with Gasteiger partial charge < -0.3 is 5.11 Å². The van der Waals surface area contributed by atoms with Crippen molar-refractivity contribution in [3.8, 4) is 11.3 Å². The molecule has 5 nitrogen and oxygen atoms in total. The second-order valence-corrected chi connectivity index (χ2v) is 3.65. The number of hydrogen-bond donors (Lipinski definition) is 1. The van der Waals surface area contributed by atoms with Crippen LogP contribution in [0.2, 0.25) is 5.02 Å². The van der Waals surface area contributed by atoms with Gasteiger partial charge in [0.15, 0.2) is 0 Å². The van der Waals surface area contributed by atoms with Crippen LogP contribution >= 0.6 is 11.6 Å². The Balaban J connectivity index is 2.52. The molecule has 82 valence electrons. The number of aromatic nitrogens is 3. The first-order valence-corrected chi connectivity index (χ1v) is 4.85. The molecule has 0 spiro atoms. The third-order valence-electron chi connectivity index (χ3n) is 2.21. The van der Waals surface area contributed by atoms with E-state index in [4.69, 9.17) is 16.7 Å². The number of halogens is 1. The average molecular weight is 238 g/mol. The van der Waals surface area contributed by atoms with Gasteiger partial charge in [-0.25, -0.2) is 9.48 Å². The van der Waals surface area contributed by atoms with Gasteiger partial charge in [0.25, 0.3) is 0 Å². The fraction of sp³-hybridized carbons (Fsp3) is 0.100. The molecule has 2 rings (SSSR count). The van der Waals surface area contributed by atoms with Crippen molar-refractivity contribution in [3.05, 3.63) is 35.0 Å². The minimum atomic E-state index is -1.00. The van der Waals surface area contributed by atoms with Crippen LogP contribution in [0.15, 0.2) is 24.4 Å². The summed E-state index contributed by atoms with van der Waals surface area (Å²) in [5.41, 5.74) is 1.60. The van der Waals surface area contributed by atoms with E-state index in [1.165, 1.54) is 12.1 Å². The Morgan fingerprint density at radius 1 is 1.50 bits per heavy atom. The molecule has 0 bridgehead atoms. The van der Waals surface area contributed by atoms with Gasteiger partial charge in [-0.3, -0.25) is 0 Å². The van der Waals surface area contributed by atoms with Crippen LogP contribution in [0.5, 0.6) is 0 Å². The SMILES string of the molecule is Cn1nncc1-c1ccc(C(=O)O)cc1Cl. The Bertz CT molecular complexity index is 551. The highest BCUT2D eigenvalue weighted by atomic mass is 35.5. The third-order valence-corrected chi connectivity index (χ3v) is 2.52. The van der Waals surface area contributed by atoms with Crippen molar-refractivity contribution in [2.45, 2.75) is 0 Å². The lowest BCUT2D eigenvalue weighted by Crippen LogP contribution is -1.98. The van der Waals surface area contributed by atoms with E-state index in [2.05, 4.69) is 10.3 Å². The van der Waals surface area contributed by atoms with Crippen molar-refractivity contribution in [1.82, 2.24) is 15.0 Å². The summed E-state index contributed by atoms with van der Waals surface area (Å²) in [6.45, 7) is 0. The van der Waals surface area contributed by atoms with Gasteiger partial charge in [-0.15, -0.1) is 5.10 Å². The van der Waals surface area contributed by atoms with E-state index in [0.717, 1.165) is 5.69 Å². The van der Waals surface area contributed by atoms with Crippen LogP contribution in [-0.4, -0.2) is 26.1 Å². The molecule has 0 atom stereocenters. The molecule has 0 amide bonds. The molecule has 1 aromatic heterocycles. The number of carboxylic acids is 1. The predicted octanol–water partition coefficient (Wildman–Crippen LogP) is 1.83. The van der Waals surface area contributed by atoms with Crippen molar-refractivity contribution in [1.29, 1.82) is 0 Å². The molecular formula is C10H8ClN3O2. The van der Waals surface area contributed by atoms with E-state index >= 15 is 0 Å². The smallest absolute Gasteiger partial charge is 0.335 e. The molecule has 2 aromatic rings. The van der Waals surface area contributed by atoms with Gasteiger partial charge in [0, 0.05) is 12.6 Å². The summed E-state index contributed by atoms with van der Waals surface area (Å²) in [7, 11) is 1.74. The number of aromatic carboxylic acids is 1. The summed E-state index contributed by atoms with van der Waals surface area (Å²) in [5, 5.41) is 16.7. The topological polar surface area (TPSA) is 68.0 Å². The van der Waals surface area contributed by atoms with Gasteiger partial charge >= 0.3 is 5.97 Å². The van der Waals surface area contributed by atoms with E-state index in [1.807, 2.05) is 0 Å². The van der Waals surface area contributed by atoms with E-state index < -0.39 is 5.97 Å². The van der Waals surface area contributed by atoms with Crippen LogP contribution < -0.4 is 0 Å². The molecule has 0 aliphatic rings. The first-order chi connectivity index (χ1) is 7.59. The first-order valence-electron chi connectivity index (χ1n) is 4.47. The summed E-state index contributed by atoms with van der Waals surface area (Å²) in [6.07, 6.45) is 1.57. The number of benzene rings is 1. The zero-order valence-corrected chi connectivity index (χ0v) is 9.14. The van der Waals surface area contributed by atoms with Gasteiger partial charge in [-0.2, -0.15) is 0 Å². The summed E-state index contributed by atoms with van der Waals surface area (Å²) in [5.74, 6) is -1.00. The molecule has 0 unspecified atom stereocenters. The molecule has 0 saturated heterocycles. The molecule has 16 heavy (non-hydrogen) atoms. The highest BCUT2D eigenvalue weighted by Gasteiger charge is 2.11.